The smallest absolute Gasteiger partial charge is 0.312 e. The number of nitrogens with zero attached hydrogens (tertiary/aromatic N) is 2. The van der Waals surface area contributed by atoms with Crippen molar-refractivity contribution >= 4 is 21.6 Å². The molecule has 100 valence electrons. The van der Waals surface area contributed by atoms with Crippen LogP contribution < -0.4 is 4.74 Å². The van der Waals surface area contributed by atoms with Crippen molar-refractivity contribution in [3.8, 4) is 11.8 Å². The van der Waals surface area contributed by atoms with E-state index in [1.165, 1.54) is 6.07 Å². The molecule has 2 rings (SSSR count). The van der Waals surface area contributed by atoms with Crippen molar-refractivity contribution in [2.75, 3.05) is 0 Å². The standard InChI is InChI=1S/C14H9BrN2O3/c15-12-6-3-7-13(17(18)19)14(12)20-9-11-5-2-1-4-10(11)8-16/h1-7H,9H2. The predicted octanol–water partition coefficient (Wildman–Crippen LogP) is 3.81. The number of hydrogen-bond acceptors (Lipinski definition) is 4. The highest BCUT2D eigenvalue weighted by Gasteiger charge is 2.18. The molecule has 2 aromatic carbocycles. The van der Waals surface area contributed by atoms with Crippen LogP contribution in [0, 0.1) is 21.4 Å². The van der Waals surface area contributed by atoms with Gasteiger partial charge in [-0.3, -0.25) is 10.1 Å². The molecule has 0 N–H and O–H groups in total. The van der Waals surface area contributed by atoms with E-state index in [1.54, 1.807) is 36.4 Å². The van der Waals surface area contributed by atoms with E-state index in [4.69, 9.17) is 10.00 Å². The molecule has 0 radical (unpaired) electrons. The van der Waals surface area contributed by atoms with Gasteiger partial charge in [0.15, 0.2) is 0 Å². The first kappa shape index (κ1) is 14.0. The molecule has 0 fully saturated rings. The Morgan fingerprint density at radius 2 is 2.00 bits per heavy atom. The molecule has 20 heavy (non-hydrogen) atoms. The van der Waals surface area contributed by atoms with Gasteiger partial charge in [-0.15, -0.1) is 0 Å². The van der Waals surface area contributed by atoms with E-state index in [-0.39, 0.29) is 18.0 Å². The summed E-state index contributed by atoms with van der Waals surface area (Å²) in [5.41, 5.74) is 1.05. The van der Waals surface area contributed by atoms with E-state index in [1.807, 2.05) is 0 Å². The molecule has 2 aromatic rings. The first-order valence-electron chi connectivity index (χ1n) is 5.67. The highest BCUT2D eigenvalue weighted by atomic mass is 79.9. The summed E-state index contributed by atoms with van der Waals surface area (Å²) in [6.45, 7) is 0.0905. The molecule has 0 heterocycles. The molecular weight excluding hydrogens is 324 g/mol. The molecule has 0 bridgehead atoms. The molecule has 6 heteroatoms. The van der Waals surface area contributed by atoms with Crippen molar-refractivity contribution in [1.29, 1.82) is 5.26 Å². The number of para-hydroxylation sites is 1. The third-order valence-corrected chi connectivity index (χ3v) is 3.28. The Kier molecular flexibility index (Phi) is 4.33. The fraction of sp³-hybridized carbons (Fsp3) is 0.0714. The quantitative estimate of drug-likeness (QED) is 0.630. The molecule has 0 aliphatic carbocycles. The monoisotopic (exact) mass is 332 g/mol. The molecule has 5 nitrogen and oxygen atoms in total. The number of nitro groups is 1. The fourth-order valence-electron chi connectivity index (χ4n) is 1.69. The Morgan fingerprint density at radius 3 is 2.70 bits per heavy atom. The van der Waals surface area contributed by atoms with Crippen LogP contribution in [0.5, 0.6) is 5.75 Å². The van der Waals surface area contributed by atoms with Crippen molar-refractivity contribution in [1.82, 2.24) is 0 Å². The Hall–Kier alpha value is -2.39. The predicted molar refractivity (Wildman–Crippen MR) is 76.3 cm³/mol. The maximum Gasteiger partial charge on any atom is 0.312 e. The van der Waals surface area contributed by atoms with Gasteiger partial charge in [-0.25, -0.2) is 0 Å². The van der Waals surface area contributed by atoms with Crippen LogP contribution in [-0.2, 0) is 6.61 Å². The number of nitriles is 1. The van der Waals surface area contributed by atoms with Gasteiger partial charge >= 0.3 is 5.69 Å². The summed E-state index contributed by atoms with van der Waals surface area (Å²) in [6, 6.07) is 13.6. The third-order valence-electron chi connectivity index (χ3n) is 2.65. The van der Waals surface area contributed by atoms with Gasteiger partial charge in [0.2, 0.25) is 5.75 Å². The second kappa shape index (κ2) is 6.17. The van der Waals surface area contributed by atoms with Gasteiger partial charge in [-0.05, 0) is 28.1 Å². The van der Waals surface area contributed by atoms with Crippen LogP contribution in [0.25, 0.3) is 0 Å². The van der Waals surface area contributed by atoms with Crippen LogP contribution >= 0.6 is 15.9 Å². The second-order valence-electron chi connectivity index (χ2n) is 3.90. The molecule has 0 spiro atoms. The van der Waals surface area contributed by atoms with Crippen molar-refractivity contribution < 1.29 is 9.66 Å². The molecule has 0 saturated carbocycles. The van der Waals surface area contributed by atoms with Crippen LogP contribution in [0.3, 0.4) is 0 Å². The van der Waals surface area contributed by atoms with Crippen molar-refractivity contribution in [3.05, 3.63) is 68.2 Å². The number of hydrogen-bond donors (Lipinski definition) is 0. The van der Waals surface area contributed by atoms with E-state index >= 15 is 0 Å². The minimum Gasteiger partial charge on any atom is -0.481 e. The van der Waals surface area contributed by atoms with Gasteiger partial charge in [-0.2, -0.15) is 5.26 Å². The Bertz CT molecular complexity index is 695. The zero-order chi connectivity index (χ0) is 14.5. The number of ether oxygens (including phenoxy) is 1. The number of nitro benzene ring substituents is 1. The van der Waals surface area contributed by atoms with Gasteiger partial charge in [-0.1, -0.05) is 24.3 Å². The normalized spacial score (nSPS) is 9.80. The summed E-state index contributed by atoms with van der Waals surface area (Å²) >= 11 is 3.23. The molecule has 0 aliphatic heterocycles. The summed E-state index contributed by atoms with van der Waals surface area (Å²) in [5, 5.41) is 20.0. The maximum atomic E-state index is 11.0. The molecule has 0 atom stereocenters. The first-order valence-corrected chi connectivity index (χ1v) is 6.46. The molecule has 0 unspecified atom stereocenters. The second-order valence-corrected chi connectivity index (χ2v) is 4.76. The lowest BCUT2D eigenvalue weighted by atomic mass is 10.1. The van der Waals surface area contributed by atoms with E-state index in [2.05, 4.69) is 22.0 Å². The van der Waals surface area contributed by atoms with Crippen LogP contribution in [0.1, 0.15) is 11.1 Å². The zero-order valence-electron chi connectivity index (χ0n) is 10.2. The molecule has 0 aliphatic rings. The Labute approximate surface area is 123 Å². The largest absolute Gasteiger partial charge is 0.481 e. The number of rotatable bonds is 4. The van der Waals surface area contributed by atoms with E-state index in [9.17, 15) is 10.1 Å². The highest BCUT2D eigenvalue weighted by Crippen LogP contribution is 2.35. The van der Waals surface area contributed by atoms with E-state index < -0.39 is 4.92 Å². The molecule has 0 amide bonds. The number of benzene rings is 2. The summed E-state index contributed by atoms with van der Waals surface area (Å²) in [7, 11) is 0. The Morgan fingerprint density at radius 1 is 1.25 bits per heavy atom. The summed E-state index contributed by atoms with van der Waals surface area (Å²) in [5.74, 6) is 0.158. The molecule has 0 saturated heterocycles. The Balaban J connectivity index is 2.28. The van der Waals surface area contributed by atoms with Crippen LogP contribution in [0.2, 0.25) is 0 Å². The van der Waals surface area contributed by atoms with Crippen LogP contribution in [0.15, 0.2) is 46.9 Å². The minimum absolute atomic E-state index is 0.0905. The van der Waals surface area contributed by atoms with E-state index in [0.717, 1.165) is 0 Å². The van der Waals surface area contributed by atoms with Gasteiger partial charge in [0.25, 0.3) is 0 Å². The average Bonchev–Trinajstić information content (AvgIpc) is 2.46. The van der Waals surface area contributed by atoms with Crippen molar-refractivity contribution in [3.63, 3.8) is 0 Å². The summed E-state index contributed by atoms with van der Waals surface area (Å²) < 4.78 is 6.02. The van der Waals surface area contributed by atoms with Gasteiger partial charge in [0.1, 0.15) is 6.61 Å². The van der Waals surface area contributed by atoms with Crippen LogP contribution in [-0.4, -0.2) is 4.92 Å². The summed E-state index contributed by atoms with van der Waals surface area (Å²) in [4.78, 5) is 10.5. The molecule has 0 aromatic heterocycles. The van der Waals surface area contributed by atoms with Gasteiger partial charge in [0, 0.05) is 11.6 Å². The van der Waals surface area contributed by atoms with Gasteiger partial charge in [0.05, 0.1) is 21.0 Å². The van der Waals surface area contributed by atoms with E-state index in [0.29, 0.717) is 15.6 Å². The maximum absolute atomic E-state index is 11.0. The zero-order valence-corrected chi connectivity index (χ0v) is 11.8. The molecular formula is C14H9BrN2O3. The third kappa shape index (κ3) is 2.95. The van der Waals surface area contributed by atoms with Crippen molar-refractivity contribution in [2.45, 2.75) is 6.61 Å². The lowest BCUT2D eigenvalue weighted by Gasteiger charge is -2.09. The highest BCUT2D eigenvalue weighted by molar-refractivity contribution is 9.10. The SMILES string of the molecule is N#Cc1ccccc1COc1c(Br)cccc1[N+](=O)[O-]. The first-order chi connectivity index (χ1) is 9.63. The minimum atomic E-state index is -0.504. The topological polar surface area (TPSA) is 76.2 Å². The van der Waals surface area contributed by atoms with Crippen LogP contribution in [0.4, 0.5) is 5.69 Å². The average molecular weight is 333 g/mol. The lowest BCUT2D eigenvalue weighted by molar-refractivity contribution is -0.386. The van der Waals surface area contributed by atoms with Crippen molar-refractivity contribution in [2.24, 2.45) is 0 Å². The van der Waals surface area contributed by atoms with Gasteiger partial charge < -0.3 is 4.74 Å². The fourth-order valence-corrected chi connectivity index (χ4v) is 2.16. The lowest BCUT2D eigenvalue weighted by Crippen LogP contribution is -2.01. The summed E-state index contributed by atoms with van der Waals surface area (Å²) in [6.07, 6.45) is 0. The number of halogens is 1.